The number of amidine groups is 1. The van der Waals surface area contributed by atoms with E-state index in [1.54, 1.807) is 18.6 Å². The molecule has 1 unspecified atom stereocenters. The van der Waals surface area contributed by atoms with Crippen molar-refractivity contribution >= 4 is 12.1 Å². The lowest BCUT2D eigenvalue weighted by Crippen LogP contribution is -2.12. The van der Waals surface area contributed by atoms with Gasteiger partial charge in [-0.2, -0.15) is 0 Å². The normalized spacial score (nSPS) is 27.8. The fraction of sp³-hybridized carbons (Fsp3) is 0.143. The van der Waals surface area contributed by atoms with Gasteiger partial charge < -0.3 is 4.74 Å². The Morgan fingerprint density at radius 3 is 3.30 bits per heavy atom. The summed E-state index contributed by atoms with van der Waals surface area (Å²) in [6, 6.07) is 0. The second-order valence-corrected chi connectivity index (χ2v) is 2.16. The molecule has 0 aromatic heterocycles. The summed E-state index contributed by atoms with van der Waals surface area (Å²) in [6.45, 7) is 0. The quantitative estimate of drug-likeness (QED) is 0.529. The molecule has 0 radical (unpaired) electrons. The summed E-state index contributed by atoms with van der Waals surface area (Å²) in [5.41, 5.74) is 0. The van der Waals surface area contributed by atoms with E-state index in [2.05, 4.69) is 4.99 Å². The first kappa shape index (κ1) is 5.41. The molecule has 2 aliphatic heterocycles. The number of fused-ring (bicyclic) bond motifs is 1. The van der Waals surface area contributed by atoms with E-state index in [9.17, 15) is 0 Å². The van der Waals surface area contributed by atoms with Crippen molar-refractivity contribution in [3.8, 4) is 0 Å². The summed E-state index contributed by atoms with van der Waals surface area (Å²) in [6.07, 6.45) is 6.79. The van der Waals surface area contributed by atoms with Gasteiger partial charge in [0.1, 0.15) is 11.6 Å². The molecule has 0 fully saturated rings. The maximum atomic E-state index is 7.35. The average Bonchev–Trinajstić information content (AvgIpc) is 2.36. The van der Waals surface area contributed by atoms with Gasteiger partial charge in [-0.25, -0.2) is 4.99 Å². The van der Waals surface area contributed by atoms with Crippen LogP contribution >= 0.6 is 0 Å². The molecule has 2 heterocycles. The zero-order valence-electron chi connectivity index (χ0n) is 5.24. The van der Waals surface area contributed by atoms with Crippen molar-refractivity contribution in [2.45, 2.75) is 0 Å². The molecule has 10 heavy (non-hydrogen) atoms. The molecule has 1 N–H and O–H groups in total. The zero-order valence-corrected chi connectivity index (χ0v) is 5.24. The molecule has 1 atom stereocenters. The van der Waals surface area contributed by atoms with Crippen LogP contribution in [0.15, 0.2) is 29.2 Å². The first-order valence-electron chi connectivity index (χ1n) is 3.04. The second-order valence-electron chi connectivity index (χ2n) is 2.16. The molecule has 50 valence electrons. The Balaban J connectivity index is 2.40. The van der Waals surface area contributed by atoms with E-state index in [-0.39, 0.29) is 5.92 Å². The highest BCUT2D eigenvalue weighted by molar-refractivity contribution is 5.98. The Kier molecular flexibility index (Phi) is 0.974. The second kappa shape index (κ2) is 1.80. The minimum Gasteiger partial charge on any atom is -0.468 e. The number of rotatable bonds is 0. The lowest BCUT2D eigenvalue weighted by atomic mass is 10.1. The number of nitrogens with one attached hydrogen (secondary N) is 1. The van der Waals surface area contributed by atoms with Crippen molar-refractivity contribution in [3.05, 3.63) is 24.2 Å². The fourth-order valence-corrected chi connectivity index (χ4v) is 1.00. The van der Waals surface area contributed by atoms with Crippen molar-refractivity contribution in [3.63, 3.8) is 0 Å². The van der Waals surface area contributed by atoms with Crippen LogP contribution in [0.2, 0.25) is 0 Å². The minimum absolute atomic E-state index is 0.0231. The molecular formula is C7H6N2O. The van der Waals surface area contributed by atoms with Crippen LogP contribution in [0.3, 0.4) is 0 Å². The molecule has 0 aliphatic carbocycles. The van der Waals surface area contributed by atoms with Crippen LogP contribution in [0.1, 0.15) is 0 Å². The van der Waals surface area contributed by atoms with Crippen LogP contribution in [0, 0.1) is 11.3 Å². The third-order valence-corrected chi connectivity index (χ3v) is 1.53. The van der Waals surface area contributed by atoms with Gasteiger partial charge in [0.05, 0.1) is 12.2 Å². The summed E-state index contributed by atoms with van der Waals surface area (Å²) in [7, 11) is 0. The molecule has 2 aliphatic rings. The highest BCUT2D eigenvalue weighted by atomic mass is 16.5. The van der Waals surface area contributed by atoms with Gasteiger partial charge in [0.15, 0.2) is 0 Å². The third-order valence-electron chi connectivity index (χ3n) is 1.53. The topological polar surface area (TPSA) is 45.4 Å². The van der Waals surface area contributed by atoms with E-state index in [0.717, 1.165) is 5.76 Å². The fourth-order valence-electron chi connectivity index (χ4n) is 1.00. The standard InChI is InChI=1S/C7H6N2O/c8-7-5-2-4-10-6(5)1-3-9-7/h1-5,8H. The molecule has 0 saturated carbocycles. The number of allylic oxidation sites excluding steroid dienone is 1. The predicted octanol–water partition coefficient (Wildman–Crippen LogP) is 1.09. The van der Waals surface area contributed by atoms with Crippen LogP contribution in [-0.2, 0) is 4.74 Å². The molecule has 3 heteroatoms. The van der Waals surface area contributed by atoms with Crippen LogP contribution in [0.4, 0.5) is 0 Å². The Morgan fingerprint density at radius 2 is 2.50 bits per heavy atom. The smallest absolute Gasteiger partial charge is 0.135 e. The first-order valence-corrected chi connectivity index (χ1v) is 3.04. The molecule has 0 amide bonds. The maximum absolute atomic E-state index is 7.35. The van der Waals surface area contributed by atoms with Gasteiger partial charge in [-0.15, -0.1) is 0 Å². The monoisotopic (exact) mass is 134 g/mol. The van der Waals surface area contributed by atoms with Gasteiger partial charge in [0.25, 0.3) is 0 Å². The lowest BCUT2D eigenvalue weighted by Gasteiger charge is -2.09. The Hall–Kier alpha value is -1.38. The van der Waals surface area contributed by atoms with Gasteiger partial charge in [-0.05, 0) is 12.2 Å². The van der Waals surface area contributed by atoms with Gasteiger partial charge >= 0.3 is 0 Å². The Morgan fingerprint density at radius 1 is 1.60 bits per heavy atom. The third kappa shape index (κ3) is 0.603. The van der Waals surface area contributed by atoms with E-state index in [0.29, 0.717) is 5.84 Å². The highest BCUT2D eigenvalue weighted by Gasteiger charge is 2.23. The minimum atomic E-state index is -0.0231. The molecule has 0 aromatic rings. The Labute approximate surface area is 58.2 Å². The van der Waals surface area contributed by atoms with Crippen molar-refractivity contribution in [1.82, 2.24) is 0 Å². The van der Waals surface area contributed by atoms with E-state index in [1.807, 2.05) is 6.08 Å². The van der Waals surface area contributed by atoms with E-state index in [1.165, 1.54) is 0 Å². The van der Waals surface area contributed by atoms with Crippen LogP contribution in [-0.4, -0.2) is 12.1 Å². The van der Waals surface area contributed by atoms with Gasteiger partial charge in [-0.3, -0.25) is 5.41 Å². The van der Waals surface area contributed by atoms with Crippen LogP contribution in [0.25, 0.3) is 0 Å². The predicted molar refractivity (Wildman–Crippen MR) is 38.0 cm³/mol. The van der Waals surface area contributed by atoms with E-state index in [4.69, 9.17) is 10.1 Å². The average molecular weight is 134 g/mol. The number of dihydropyridines is 1. The van der Waals surface area contributed by atoms with Gasteiger partial charge in [0, 0.05) is 6.21 Å². The molecular weight excluding hydrogens is 128 g/mol. The molecule has 0 saturated heterocycles. The summed E-state index contributed by atoms with van der Waals surface area (Å²) < 4.78 is 5.08. The van der Waals surface area contributed by atoms with Gasteiger partial charge in [0.2, 0.25) is 0 Å². The zero-order chi connectivity index (χ0) is 6.97. The number of ether oxygens (including phenoxy) is 1. The molecule has 0 spiro atoms. The highest BCUT2D eigenvalue weighted by Crippen LogP contribution is 2.24. The summed E-state index contributed by atoms with van der Waals surface area (Å²) in [4.78, 5) is 3.82. The molecule has 0 bridgehead atoms. The molecule has 2 rings (SSSR count). The first-order chi connectivity index (χ1) is 4.88. The lowest BCUT2D eigenvalue weighted by molar-refractivity contribution is 0.357. The van der Waals surface area contributed by atoms with Crippen LogP contribution < -0.4 is 0 Å². The summed E-state index contributed by atoms with van der Waals surface area (Å²) in [5.74, 6) is 1.14. The van der Waals surface area contributed by atoms with Crippen molar-refractivity contribution in [2.75, 3.05) is 0 Å². The van der Waals surface area contributed by atoms with E-state index < -0.39 is 0 Å². The number of hydrogen-bond donors (Lipinski definition) is 1. The number of aliphatic imine (C=N–C) groups is 1. The summed E-state index contributed by atoms with van der Waals surface area (Å²) in [5, 5.41) is 7.35. The SMILES string of the molecule is N=C1N=CC=C2OC=CC12. The van der Waals surface area contributed by atoms with Crippen LogP contribution in [0.5, 0.6) is 0 Å². The van der Waals surface area contributed by atoms with Crippen molar-refractivity contribution < 1.29 is 4.74 Å². The molecule has 0 aromatic carbocycles. The van der Waals surface area contributed by atoms with Crippen molar-refractivity contribution in [1.29, 1.82) is 5.41 Å². The summed E-state index contributed by atoms with van der Waals surface area (Å²) >= 11 is 0. The maximum Gasteiger partial charge on any atom is 0.135 e. The van der Waals surface area contributed by atoms with E-state index >= 15 is 0 Å². The molecule has 3 nitrogen and oxygen atoms in total. The van der Waals surface area contributed by atoms with Crippen molar-refractivity contribution in [2.24, 2.45) is 10.9 Å². The van der Waals surface area contributed by atoms with Gasteiger partial charge in [-0.1, -0.05) is 0 Å². The number of hydrogen-bond acceptors (Lipinski definition) is 2. The number of nitrogens with zero attached hydrogens (tertiary/aromatic N) is 1. The Bertz CT molecular complexity index is 263. The largest absolute Gasteiger partial charge is 0.468 e.